The molecule has 7 nitrogen and oxygen atoms in total. The van der Waals surface area contributed by atoms with Gasteiger partial charge < -0.3 is 10.5 Å². The van der Waals surface area contributed by atoms with Crippen LogP contribution in [-0.4, -0.2) is 33.8 Å². The molecule has 168 valence electrons. The molecule has 3 aromatic rings. The zero-order chi connectivity index (χ0) is 23.2. The molecule has 2 aromatic carbocycles. The zero-order valence-corrected chi connectivity index (χ0v) is 18.7. The molecule has 1 amide bonds. The van der Waals surface area contributed by atoms with Crippen molar-refractivity contribution in [3.8, 4) is 5.69 Å². The van der Waals surface area contributed by atoms with Gasteiger partial charge >= 0.3 is 5.97 Å². The van der Waals surface area contributed by atoms with Crippen molar-refractivity contribution in [1.82, 2.24) is 14.8 Å². The number of benzene rings is 2. The molecule has 2 N–H and O–H groups in total. The van der Waals surface area contributed by atoms with Crippen LogP contribution >= 0.6 is 0 Å². The van der Waals surface area contributed by atoms with Gasteiger partial charge in [-0.3, -0.25) is 9.59 Å². The number of hydrogen-bond donors (Lipinski definition) is 1. The van der Waals surface area contributed by atoms with Gasteiger partial charge in [-0.1, -0.05) is 42.5 Å². The van der Waals surface area contributed by atoms with E-state index >= 15 is 0 Å². The van der Waals surface area contributed by atoms with Gasteiger partial charge in [0.25, 0.3) is 5.91 Å². The van der Waals surface area contributed by atoms with E-state index in [0.29, 0.717) is 5.82 Å². The molecule has 0 saturated heterocycles. The first-order chi connectivity index (χ1) is 15.9. The number of aromatic nitrogens is 3. The Morgan fingerprint density at radius 1 is 1.09 bits per heavy atom. The number of ether oxygens (including phenoxy) is 1. The van der Waals surface area contributed by atoms with Crippen LogP contribution in [0.4, 0.5) is 0 Å². The van der Waals surface area contributed by atoms with Gasteiger partial charge in [-0.15, -0.1) is 5.10 Å². The fraction of sp³-hybridized carbons (Fsp3) is 0.308. The fourth-order valence-electron chi connectivity index (χ4n) is 4.99. The van der Waals surface area contributed by atoms with Crippen LogP contribution in [-0.2, 0) is 16.0 Å². The van der Waals surface area contributed by atoms with Gasteiger partial charge in [0.05, 0.1) is 18.7 Å². The molecule has 5 rings (SSSR count). The highest BCUT2D eigenvalue weighted by atomic mass is 16.5. The zero-order valence-electron chi connectivity index (χ0n) is 18.7. The number of nitrogens with zero attached hydrogens (tertiary/aromatic N) is 3. The smallest absolute Gasteiger partial charge is 0.308 e. The molecule has 2 aliphatic carbocycles. The molecule has 1 spiro atoms. The minimum atomic E-state index is -0.636. The Morgan fingerprint density at radius 3 is 2.24 bits per heavy atom. The van der Waals surface area contributed by atoms with E-state index in [1.165, 1.54) is 29.4 Å². The van der Waals surface area contributed by atoms with Gasteiger partial charge in [0.1, 0.15) is 5.82 Å². The lowest BCUT2D eigenvalue weighted by Crippen LogP contribution is -2.44. The van der Waals surface area contributed by atoms with Crippen molar-refractivity contribution in [3.05, 3.63) is 82.9 Å². The highest BCUT2D eigenvalue weighted by Gasteiger charge is 2.50. The summed E-state index contributed by atoms with van der Waals surface area (Å²) in [5.41, 5.74) is 11.4. The number of hydrogen-bond acceptors (Lipinski definition) is 5. The van der Waals surface area contributed by atoms with Gasteiger partial charge in [0.2, 0.25) is 5.82 Å². The van der Waals surface area contributed by atoms with Gasteiger partial charge in [-0.2, -0.15) is 0 Å². The maximum atomic E-state index is 11.6. The standard InChI is InChI=1S/C26H26N4O3/c1-16-28-24(23(27)31)29-30(16)22-9-5-18(6-10-22)11-17-3-7-19(8-4-17)20-12-26(13-20)14-21(15-26)25(32)33-2/h3-10,12,21H,11,13-15H2,1-2H3,(H2,27,31). The third-order valence-electron chi connectivity index (χ3n) is 6.77. The van der Waals surface area contributed by atoms with Crippen LogP contribution in [0, 0.1) is 18.3 Å². The second-order valence-corrected chi connectivity index (χ2v) is 9.14. The van der Waals surface area contributed by atoms with E-state index in [1.54, 1.807) is 11.6 Å². The van der Waals surface area contributed by atoms with Crippen LogP contribution in [0.3, 0.4) is 0 Å². The lowest BCUT2D eigenvalue weighted by Gasteiger charge is -2.51. The summed E-state index contributed by atoms with van der Waals surface area (Å²) in [5.74, 6) is -0.0125. The number of aryl methyl sites for hydroxylation is 1. The van der Waals surface area contributed by atoms with Crippen LogP contribution in [0.1, 0.15) is 52.4 Å². The second kappa shape index (κ2) is 7.99. The number of esters is 1. The third kappa shape index (κ3) is 3.95. The Bertz CT molecular complexity index is 1250. The molecular weight excluding hydrogens is 416 g/mol. The van der Waals surface area contributed by atoms with E-state index in [9.17, 15) is 9.59 Å². The first-order valence-electron chi connectivity index (χ1n) is 11.1. The van der Waals surface area contributed by atoms with Crippen molar-refractivity contribution in [2.75, 3.05) is 7.11 Å². The summed E-state index contributed by atoms with van der Waals surface area (Å²) in [6.45, 7) is 1.79. The predicted octanol–water partition coefficient (Wildman–Crippen LogP) is 3.62. The van der Waals surface area contributed by atoms with Gasteiger partial charge in [0.15, 0.2) is 0 Å². The molecule has 33 heavy (non-hydrogen) atoms. The van der Waals surface area contributed by atoms with Crippen molar-refractivity contribution in [2.45, 2.75) is 32.6 Å². The van der Waals surface area contributed by atoms with E-state index in [1.807, 2.05) is 12.1 Å². The number of carbonyl (C=O) groups excluding carboxylic acids is 2. The summed E-state index contributed by atoms with van der Waals surface area (Å²) in [6.07, 6.45) is 6.04. The molecule has 7 heteroatoms. The molecule has 0 radical (unpaired) electrons. The summed E-state index contributed by atoms with van der Waals surface area (Å²) in [7, 11) is 1.46. The molecule has 0 bridgehead atoms. The number of carbonyl (C=O) groups is 2. The summed E-state index contributed by atoms with van der Waals surface area (Å²) in [4.78, 5) is 27.0. The maximum Gasteiger partial charge on any atom is 0.308 e. The normalized spacial score (nSPS) is 21.2. The predicted molar refractivity (Wildman–Crippen MR) is 124 cm³/mol. The number of rotatable bonds is 6. The van der Waals surface area contributed by atoms with Crippen LogP contribution in [0.2, 0.25) is 0 Å². The Hall–Kier alpha value is -3.74. The molecule has 0 atom stereocenters. The van der Waals surface area contributed by atoms with Gasteiger partial charge in [0, 0.05) is 0 Å². The Labute approximate surface area is 192 Å². The molecule has 1 saturated carbocycles. The second-order valence-electron chi connectivity index (χ2n) is 9.14. The lowest BCUT2D eigenvalue weighted by atomic mass is 9.53. The quantitative estimate of drug-likeness (QED) is 0.588. The first-order valence-corrected chi connectivity index (χ1v) is 11.1. The Kier molecular flexibility index (Phi) is 5.12. The largest absolute Gasteiger partial charge is 0.469 e. The fourth-order valence-corrected chi connectivity index (χ4v) is 4.99. The van der Waals surface area contributed by atoms with E-state index < -0.39 is 5.91 Å². The molecule has 1 heterocycles. The van der Waals surface area contributed by atoms with E-state index in [4.69, 9.17) is 10.5 Å². The van der Waals surface area contributed by atoms with Crippen LogP contribution in [0.25, 0.3) is 11.3 Å². The molecule has 0 aliphatic heterocycles. The minimum absolute atomic E-state index is 0.0183. The summed E-state index contributed by atoms with van der Waals surface area (Å²) in [5, 5.41) is 4.17. The van der Waals surface area contributed by atoms with Gasteiger partial charge in [-0.25, -0.2) is 9.67 Å². The molecule has 1 aromatic heterocycles. The van der Waals surface area contributed by atoms with Gasteiger partial charge in [-0.05, 0) is 72.4 Å². The molecular formula is C26H26N4O3. The number of allylic oxidation sites excluding steroid dienone is 2. The van der Waals surface area contributed by atoms with Crippen molar-refractivity contribution >= 4 is 17.4 Å². The average Bonchev–Trinajstić information content (AvgIpc) is 3.15. The van der Waals surface area contributed by atoms with Crippen LogP contribution < -0.4 is 5.73 Å². The highest BCUT2D eigenvalue weighted by molar-refractivity contribution is 5.88. The summed E-state index contributed by atoms with van der Waals surface area (Å²) in [6, 6.07) is 16.8. The summed E-state index contributed by atoms with van der Waals surface area (Å²) >= 11 is 0. The maximum absolute atomic E-state index is 11.6. The number of amides is 1. The summed E-state index contributed by atoms with van der Waals surface area (Å²) < 4.78 is 6.47. The lowest BCUT2D eigenvalue weighted by molar-refractivity contribution is -0.152. The van der Waals surface area contributed by atoms with E-state index in [2.05, 4.69) is 52.6 Å². The van der Waals surface area contributed by atoms with Crippen molar-refractivity contribution in [3.63, 3.8) is 0 Å². The Balaban J connectivity index is 1.21. The van der Waals surface area contributed by atoms with Crippen molar-refractivity contribution < 1.29 is 14.3 Å². The van der Waals surface area contributed by atoms with Crippen LogP contribution in [0.5, 0.6) is 0 Å². The van der Waals surface area contributed by atoms with E-state index in [0.717, 1.165) is 31.4 Å². The average molecular weight is 443 g/mol. The molecule has 2 aliphatic rings. The Morgan fingerprint density at radius 2 is 1.70 bits per heavy atom. The highest BCUT2D eigenvalue weighted by Crippen LogP contribution is 2.59. The first kappa shape index (κ1) is 21.1. The topological polar surface area (TPSA) is 100 Å². The van der Waals surface area contributed by atoms with Crippen molar-refractivity contribution in [1.29, 1.82) is 0 Å². The molecule has 1 fully saturated rings. The van der Waals surface area contributed by atoms with Crippen LogP contribution in [0.15, 0.2) is 54.6 Å². The molecule has 0 unspecified atom stereocenters. The third-order valence-corrected chi connectivity index (χ3v) is 6.77. The number of nitrogens with two attached hydrogens (primary N) is 1. The number of primary amides is 1. The monoisotopic (exact) mass is 442 g/mol. The van der Waals surface area contributed by atoms with E-state index in [-0.39, 0.29) is 23.1 Å². The minimum Gasteiger partial charge on any atom is -0.469 e. The van der Waals surface area contributed by atoms with Crippen molar-refractivity contribution in [2.24, 2.45) is 17.1 Å². The SMILES string of the molecule is COC(=O)C1CC2(C=C(c3ccc(Cc4ccc(-n5nc(C(N)=O)nc5C)cc4)cc3)C2)C1. The number of methoxy groups -OCH3 is 1.